The van der Waals surface area contributed by atoms with Crippen LogP contribution in [-0.4, -0.2) is 23.7 Å². The van der Waals surface area contributed by atoms with Crippen molar-refractivity contribution in [3.8, 4) is 0 Å². The maximum Gasteiger partial charge on any atom is 0.224 e. The molecule has 2 aromatic carbocycles. The minimum Gasteiger partial charge on any atom is -0.399 e. The van der Waals surface area contributed by atoms with Crippen molar-refractivity contribution in [3.63, 3.8) is 0 Å². The average molecular weight is 284 g/mol. The molecule has 0 saturated heterocycles. The highest BCUT2D eigenvalue weighted by atomic mass is 16.3. The Morgan fingerprint density at radius 2 is 1.71 bits per heavy atom. The quantitative estimate of drug-likeness (QED) is 0.704. The van der Waals surface area contributed by atoms with E-state index < -0.39 is 0 Å². The van der Waals surface area contributed by atoms with Crippen LogP contribution in [-0.2, 0) is 17.6 Å². The second-order valence-corrected chi connectivity index (χ2v) is 5.06. The van der Waals surface area contributed by atoms with Gasteiger partial charge in [-0.05, 0) is 29.7 Å². The van der Waals surface area contributed by atoms with Gasteiger partial charge in [0.25, 0.3) is 0 Å². The van der Waals surface area contributed by atoms with Gasteiger partial charge in [-0.2, -0.15) is 0 Å². The van der Waals surface area contributed by atoms with Gasteiger partial charge in [-0.15, -0.1) is 0 Å². The van der Waals surface area contributed by atoms with Gasteiger partial charge in [-0.25, -0.2) is 0 Å². The van der Waals surface area contributed by atoms with Crippen LogP contribution in [0.5, 0.6) is 0 Å². The topological polar surface area (TPSA) is 75.4 Å². The van der Waals surface area contributed by atoms with Crippen LogP contribution in [0.25, 0.3) is 0 Å². The van der Waals surface area contributed by atoms with Gasteiger partial charge < -0.3 is 16.2 Å². The van der Waals surface area contributed by atoms with Gasteiger partial charge in [0.1, 0.15) is 0 Å². The molecule has 0 radical (unpaired) electrons. The number of aliphatic hydroxyl groups excluding tert-OH is 1. The van der Waals surface area contributed by atoms with E-state index in [1.54, 1.807) is 12.1 Å². The fourth-order valence-electron chi connectivity index (χ4n) is 2.16. The molecular weight excluding hydrogens is 264 g/mol. The zero-order chi connectivity index (χ0) is 15.1. The average Bonchev–Trinajstić information content (AvgIpc) is 2.50. The van der Waals surface area contributed by atoms with E-state index in [-0.39, 0.29) is 25.0 Å². The molecule has 2 aromatic rings. The third kappa shape index (κ3) is 4.93. The highest BCUT2D eigenvalue weighted by Gasteiger charge is 2.12. The van der Waals surface area contributed by atoms with Gasteiger partial charge in [0, 0.05) is 5.69 Å². The van der Waals surface area contributed by atoms with E-state index in [1.165, 1.54) is 0 Å². The van der Waals surface area contributed by atoms with E-state index in [2.05, 4.69) is 5.32 Å². The predicted octanol–water partition coefficient (Wildman–Crippen LogP) is 1.53. The Balaban J connectivity index is 1.89. The van der Waals surface area contributed by atoms with E-state index >= 15 is 0 Å². The van der Waals surface area contributed by atoms with Crippen LogP contribution >= 0.6 is 0 Å². The molecule has 2 rings (SSSR count). The second-order valence-electron chi connectivity index (χ2n) is 5.06. The maximum absolute atomic E-state index is 12.0. The molecule has 0 unspecified atom stereocenters. The van der Waals surface area contributed by atoms with E-state index in [4.69, 9.17) is 5.73 Å². The van der Waals surface area contributed by atoms with Crippen LogP contribution in [0.2, 0.25) is 0 Å². The molecule has 110 valence electrons. The molecule has 0 saturated carbocycles. The highest BCUT2D eigenvalue weighted by Crippen LogP contribution is 2.07. The maximum atomic E-state index is 12.0. The van der Waals surface area contributed by atoms with Crippen molar-refractivity contribution in [2.75, 3.05) is 12.3 Å². The molecule has 0 spiro atoms. The zero-order valence-electron chi connectivity index (χ0n) is 11.8. The van der Waals surface area contributed by atoms with Crippen LogP contribution in [0.15, 0.2) is 54.6 Å². The van der Waals surface area contributed by atoms with Crippen molar-refractivity contribution in [2.24, 2.45) is 0 Å². The Labute approximate surface area is 124 Å². The summed E-state index contributed by atoms with van der Waals surface area (Å²) in [5, 5.41) is 12.3. The standard InChI is InChI=1S/C17H20N2O2/c18-15-8-6-14(7-9-15)11-17(21)19-16(12-20)10-13-4-2-1-3-5-13/h1-9,16,20H,10-12,18H2,(H,19,21)/t16-/m0/s1. The molecule has 0 bridgehead atoms. The lowest BCUT2D eigenvalue weighted by molar-refractivity contribution is -0.121. The van der Waals surface area contributed by atoms with Gasteiger partial charge in [-0.3, -0.25) is 4.79 Å². The van der Waals surface area contributed by atoms with Gasteiger partial charge in [0.05, 0.1) is 19.1 Å². The molecule has 0 aliphatic carbocycles. The van der Waals surface area contributed by atoms with E-state index in [0.29, 0.717) is 12.1 Å². The van der Waals surface area contributed by atoms with Gasteiger partial charge in [-0.1, -0.05) is 42.5 Å². The minimum atomic E-state index is -0.270. The molecule has 0 aromatic heterocycles. The Morgan fingerprint density at radius 1 is 1.05 bits per heavy atom. The highest BCUT2D eigenvalue weighted by molar-refractivity contribution is 5.79. The first kappa shape index (κ1) is 15.1. The molecule has 0 fully saturated rings. The van der Waals surface area contributed by atoms with Crippen LogP contribution in [0.3, 0.4) is 0 Å². The fraction of sp³-hybridized carbons (Fsp3) is 0.235. The van der Waals surface area contributed by atoms with E-state index in [9.17, 15) is 9.90 Å². The predicted molar refractivity (Wildman–Crippen MR) is 83.7 cm³/mol. The number of nitrogens with two attached hydrogens (primary N) is 1. The van der Waals surface area contributed by atoms with E-state index in [0.717, 1.165) is 11.1 Å². The van der Waals surface area contributed by atoms with Crippen molar-refractivity contribution in [3.05, 3.63) is 65.7 Å². The summed E-state index contributed by atoms with van der Waals surface area (Å²) < 4.78 is 0. The van der Waals surface area contributed by atoms with Crippen molar-refractivity contribution >= 4 is 11.6 Å². The van der Waals surface area contributed by atoms with E-state index in [1.807, 2.05) is 42.5 Å². The number of carbonyl (C=O) groups excluding carboxylic acids is 1. The number of nitrogen functional groups attached to an aromatic ring is 1. The number of rotatable bonds is 6. The van der Waals surface area contributed by atoms with Crippen LogP contribution in [0, 0.1) is 0 Å². The summed E-state index contributed by atoms with van der Waals surface area (Å²) in [6.07, 6.45) is 0.899. The van der Waals surface area contributed by atoms with Crippen LogP contribution in [0.4, 0.5) is 5.69 Å². The van der Waals surface area contributed by atoms with Crippen molar-refractivity contribution in [1.29, 1.82) is 0 Å². The number of benzene rings is 2. The van der Waals surface area contributed by atoms with Crippen LogP contribution in [0.1, 0.15) is 11.1 Å². The lowest BCUT2D eigenvalue weighted by atomic mass is 10.1. The lowest BCUT2D eigenvalue weighted by Gasteiger charge is -2.16. The van der Waals surface area contributed by atoms with Gasteiger partial charge in [0.15, 0.2) is 0 Å². The van der Waals surface area contributed by atoms with Crippen LogP contribution < -0.4 is 11.1 Å². The smallest absolute Gasteiger partial charge is 0.224 e. The first-order chi connectivity index (χ1) is 10.2. The molecule has 0 aliphatic heterocycles. The molecule has 0 heterocycles. The van der Waals surface area contributed by atoms with Crippen molar-refractivity contribution in [2.45, 2.75) is 18.9 Å². The lowest BCUT2D eigenvalue weighted by Crippen LogP contribution is -2.39. The van der Waals surface area contributed by atoms with Gasteiger partial charge in [0.2, 0.25) is 5.91 Å². The summed E-state index contributed by atoms with van der Waals surface area (Å²) >= 11 is 0. The summed E-state index contributed by atoms with van der Waals surface area (Å²) in [5.41, 5.74) is 8.28. The summed E-state index contributed by atoms with van der Waals surface area (Å²) in [4.78, 5) is 12.0. The third-order valence-corrected chi connectivity index (χ3v) is 3.25. The molecule has 4 nitrogen and oxygen atoms in total. The number of aliphatic hydroxyl groups is 1. The van der Waals surface area contributed by atoms with Gasteiger partial charge >= 0.3 is 0 Å². The second kappa shape index (κ2) is 7.45. The molecule has 1 amide bonds. The Hall–Kier alpha value is -2.33. The molecule has 0 aliphatic rings. The zero-order valence-corrected chi connectivity index (χ0v) is 11.8. The minimum absolute atomic E-state index is 0.0810. The monoisotopic (exact) mass is 284 g/mol. The van der Waals surface area contributed by atoms with Crippen molar-refractivity contribution < 1.29 is 9.90 Å². The number of hydrogen-bond acceptors (Lipinski definition) is 3. The fourth-order valence-corrected chi connectivity index (χ4v) is 2.16. The summed E-state index contributed by atoms with van der Waals surface area (Å²) in [6.45, 7) is -0.0810. The normalized spacial score (nSPS) is 11.9. The molecule has 21 heavy (non-hydrogen) atoms. The number of amides is 1. The SMILES string of the molecule is Nc1ccc(CC(=O)N[C@H](CO)Cc2ccccc2)cc1. The molecular formula is C17H20N2O2. The summed E-state index contributed by atoms with van der Waals surface area (Å²) in [5.74, 6) is -0.102. The Bertz CT molecular complexity index is 567. The molecule has 4 N–H and O–H groups in total. The Morgan fingerprint density at radius 3 is 2.33 bits per heavy atom. The number of nitrogens with one attached hydrogen (secondary N) is 1. The summed E-state index contributed by atoms with van der Waals surface area (Å²) in [6, 6.07) is 16.7. The third-order valence-electron chi connectivity index (χ3n) is 3.25. The molecule has 4 heteroatoms. The summed E-state index contributed by atoms with van der Waals surface area (Å²) in [7, 11) is 0. The number of carbonyl (C=O) groups is 1. The number of anilines is 1. The molecule has 1 atom stereocenters. The van der Waals surface area contributed by atoms with Crippen molar-refractivity contribution in [1.82, 2.24) is 5.32 Å². The first-order valence-electron chi connectivity index (χ1n) is 6.96. The largest absolute Gasteiger partial charge is 0.399 e. The number of hydrogen-bond donors (Lipinski definition) is 3. The first-order valence-corrected chi connectivity index (χ1v) is 6.96. The Kier molecular flexibility index (Phi) is 5.35.